The number of hydrogen-bond acceptors (Lipinski definition) is 4. The van der Waals surface area contributed by atoms with Crippen molar-refractivity contribution in [2.24, 2.45) is 0 Å². The Bertz CT molecular complexity index is 1210. The molecule has 0 aliphatic carbocycles. The number of rotatable bonds is 7. The Morgan fingerprint density at radius 3 is 2.60 bits per heavy atom. The van der Waals surface area contributed by atoms with Crippen LogP contribution in [0.4, 0.5) is 0 Å². The van der Waals surface area contributed by atoms with Crippen molar-refractivity contribution >= 4 is 16.8 Å². The number of hydrogen-bond donors (Lipinski definition) is 2. The number of aryl methyl sites for hydroxylation is 1. The Kier molecular flexibility index (Phi) is 5.70. The summed E-state index contributed by atoms with van der Waals surface area (Å²) < 4.78 is 0. The van der Waals surface area contributed by atoms with E-state index in [0.717, 1.165) is 24.1 Å². The van der Waals surface area contributed by atoms with Crippen LogP contribution in [-0.4, -0.2) is 31.0 Å². The van der Waals surface area contributed by atoms with Gasteiger partial charge in [0, 0.05) is 12.2 Å². The second-order valence-corrected chi connectivity index (χ2v) is 7.21. The zero-order valence-corrected chi connectivity index (χ0v) is 16.8. The predicted octanol–water partition coefficient (Wildman–Crippen LogP) is 3.44. The summed E-state index contributed by atoms with van der Waals surface area (Å²) in [6, 6.07) is 18.7. The Morgan fingerprint density at radius 1 is 1.03 bits per heavy atom. The molecule has 2 aromatic heterocycles. The highest BCUT2D eigenvalue weighted by Gasteiger charge is 2.21. The summed E-state index contributed by atoms with van der Waals surface area (Å²) in [5, 5.41) is 7.66. The van der Waals surface area contributed by atoms with Gasteiger partial charge in [-0.1, -0.05) is 55.8 Å². The van der Waals surface area contributed by atoms with E-state index in [1.165, 1.54) is 0 Å². The molecule has 4 rings (SSSR count). The molecule has 4 aromatic rings. The summed E-state index contributed by atoms with van der Waals surface area (Å²) in [6.07, 6.45) is 1.80. The average molecular weight is 401 g/mol. The maximum absolute atomic E-state index is 13.2. The molecule has 0 unspecified atom stereocenters. The summed E-state index contributed by atoms with van der Waals surface area (Å²) in [5.74, 6) is 0.223. The Hall–Kier alpha value is -3.74. The number of nitrogens with one attached hydrogen (secondary N) is 2. The fraction of sp³-hybridized carbons (Fsp3) is 0.217. The Balaban J connectivity index is 1.66. The molecule has 152 valence electrons. The normalized spacial score (nSPS) is 11.0. The number of aromatic nitrogens is 4. The second-order valence-electron chi connectivity index (χ2n) is 7.21. The quantitative estimate of drug-likeness (QED) is 0.496. The van der Waals surface area contributed by atoms with Crippen LogP contribution in [-0.2, 0) is 19.5 Å². The van der Waals surface area contributed by atoms with Gasteiger partial charge in [-0.3, -0.25) is 14.7 Å². The minimum Gasteiger partial charge on any atom is -0.325 e. The molecule has 30 heavy (non-hydrogen) atoms. The predicted molar refractivity (Wildman–Crippen MR) is 115 cm³/mol. The van der Waals surface area contributed by atoms with Crippen molar-refractivity contribution in [1.82, 2.24) is 25.1 Å². The maximum atomic E-state index is 13.2. The van der Waals surface area contributed by atoms with E-state index in [9.17, 15) is 9.59 Å². The van der Waals surface area contributed by atoms with Gasteiger partial charge in [-0.15, -0.1) is 0 Å². The molecular weight excluding hydrogens is 378 g/mol. The van der Waals surface area contributed by atoms with Gasteiger partial charge in [0.05, 0.1) is 17.4 Å². The van der Waals surface area contributed by atoms with E-state index in [1.54, 1.807) is 29.2 Å². The third kappa shape index (κ3) is 4.30. The summed E-state index contributed by atoms with van der Waals surface area (Å²) in [4.78, 5) is 34.7. The van der Waals surface area contributed by atoms with Crippen molar-refractivity contribution in [3.05, 3.63) is 93.8 Å². The standard InChI is InChI=1S/C23H23N5O2/c1-2-8-17-13-20(27-26-17)23(30)28(14-16-9-4-3-5-10-16)15-21-24-19-12-7-6-11-18(19)22(29)25-21/h3-7,9-13H,2,8,14-15H2,1H3,(H,26,27)(H,24,25,29). The number of aromatic amines is 2. The lowest BCUT2D eigenvalue weighted by atomic mass is 10.2. The van der Waals surface area contributed by atoms with Crippen LogP contribution in [0.1, 0.15) is 40.9 Å². The van der Waals surface area contributed by atoms with Crippen molar-refractivity contribution in [3.8, 4) is 0 Å². The molecule has 0 aliphatic rings. The monoisotopic (exact) mass is 401 g/mol. The molecule has 7 heteroatoms. The van der Waals surface area contributed by atoms with E-state index >= 15 is 0 Å². The van der Waals surface area contributed by atoms with Crippen LogP contribution in [0.5, 0.6) is 0 Å². The number of carbonyl (C=O) groups is 1. The van der Waals surface area contributed by atoms with E-state index in [1.807, 2.05) is 36.4 Å². The molecule has 0 bridgehead atoms. The topological polar surface area (TPSA) is 94.7 Å². The number of amides is 1. The van der Waals surface area contributed by atoms with E-state index < -0.39 is 0 Å². The molecule has 2 aromatic carbocycles. The van der Waals surface area contributed by atoms with Crippen LogP contribution in [0.2, 0.25) is 0 Å². The van der Waals surface area contributed by atoms with Gasteiger partial charge in [-0.05, 0) is 30.2 Å². The number of H-pyrrole nitrogens is 2. The van der Waals surface area contributed by atoms with Crippen LogP contribution in [0.3, 0.4) is 0 Å². The molecule has 0 saturated carbocycles. The van der Waals surface area contributed by atoms with E-state index in [0.29, 0.717) is 29.0 Å². The fourth-order valence-corrected chi connectivity index (χ4v) is 3.42. The molecule has 0 aliphatic heterocycles. The minimum absolute atomic E-state index is 0.170. The van der Waals surface area contributed by atoms with Crippen molar-refractivity contribution in [2.75, 3.05) is 0 Å². The molecule has 2 heterocycles. The summed E-state index contributed by atoms with van der Waals surface area (Å²) in [5.41, 5.74) is 2.66. The van der Waals surface area contributed by atoms with Crippen molar-refractivity contribution in [1.29, 1.82) is 0 Å². The van der Waals surface area contributed by atoms with E-state index in [-0.39, 0.29) is 18.0 Å². The molecule has 0 spiro atoms. The first-order chi connectivity index (χ1) is 14.6. The van der Waals surface area contributed by atoms with Crippen LogP contribution < -0.4 is 5.56 Å². The van der Waals surface area contributed by atoms with Gasteiger partial charge in [0.1, 0.15) is 11.5 Å². The number of benzene rings is 2. The van der Waals surface area contributed by atoms with Gasteiger partial charge in [-0.25, -0.2) is 4.98 Å². The summed E-state index contributed by atoms with van der Waals surface area (Å²) >= 11 is 0. The van der Waals surface area contributed by atoms with E-state index in [4.69, 9.17) is 0 Å². The van der Waals surface area contributed by atoms with Crippen molar-refractivity contribution in [3.63, 3.8) is 0 Å². The maximum Gasteiger partial charge on any atom is 0.275 e. The van der Waals surface area contributed by atoms with Gasteiger partial charge in [0.25, 0.3) is 11.5 Å². The molecule has 0 fully saturated rings. The van der Waals surface area contributed by atoms with Crippen LogP contribution in [0, 0.1) is 0 Å². The van der Waals surface area contributed by atoms with Gasteiger partial charge in [0.15, 0.2) is 0 Å². The molecule has 0 saturated heterocycles. The second kappa shape index (κ2) is 8.73. The first-order valence-electron chi connectivity index (χ1n) is 9.99. The Labute approximate surface area is 173 Å². The lowest BCUT2D eigenvalue weighted by Crippen LogP contribution is -2.32. The molecule has 0 radical (unpaired) electrons. The zero-order valence-electron chi connectivity index (χ0n) is 16.8. The first-order valence-corrected chi connectivity index (χ1v) is 9.99. The van der Waals surface area contributed by atoms with Gasteiger partial charge < -0.3 is 9.88 Å². The number of nitrogens with zero attached hydrogens (tertiary/aromatic N) is 3. The summed E-state index contributed by atoms with van der Waals surface area (Å²) in [7, 11) is 0. The summed E-state index contributed by atoms with van der Waals surface area (Å²) in [6.45, 7) is 2.63. The Morgan fingerprint density at radius 2 is 1.80 bits per heavy atom. The lowest BCUT2D eigenvalue weighted by Gasteiger charge is -2.21. The van der Waals surface area contributed by atoms with Crippen molar-refractivity contribution < 1.29 is 4.79 Å². The van der Waals surface area contributed by atoms with Gasteiger partial charge >= 0.3 is 0 Å². The molecule has 1 amide bonds. The van der Waals surface area contributed by atoms with Crippen LogP contribution >= 0.6 is 0 Å². The highest BCUT2D eigenvalue weighted by atomic mass is 16.2. The molecule has 7 nitrogen and oxygen atoms in total. The third-order valence-corrected chi connectivity index (χ3v) is 4.88. The van der Waals surface area contributed by atoms with Crippen LogP contribution in [0.15, 0.2) is 65.5 Å². The number of para-hydroxylation sites is 1. The third-order valence-electron chi connectivity index (χ3n) is 4.88. The highest BCUT2D eigenvalue weighted by Crippen LogP contribution is 2.14. The largest absolute Gasteiger partial charge is 0.325 e. The van der Waals surface area contributed by atoms with Crippen molar-refractivity contribution in [2.45, 2.75) is 32.9 Å². The average Bonchev–Trinajstić information content (AvgIpc) is 3.22. The SMILES string of the molecule is CCCc1cc(C(=O)N(Cc2ccccc2)Cc2nc3ccccc3c(=O)[nH]2)n[nH]1. The first kappa shape index (κ1) is 19.6. The van der Waals surface area contributed by atoms with Gasteiger partial charge in [0.2, 0.25) is 0 Å². The lowest BCUT2D eigenvalue weighted by molar-refractivity contribution is 0.0719. The smallest absolute Gasteiger partial charge is 0.275 e. The molecule has 0 atom stereocenters. The van der Waals surface area contributed by atoms with E-state index in [2.05, 4.69) is 27.1 Å². The fourth-order valence-electron chi connectivity index (χ4n) is 3.42. The highest BCUT2D eigenvalue weighted by molar-refractivity contribution is 5.92. The minimum atomic E-state index is -0.215. The van der Waals surface area contributed by atoms with Gasteiger partial charge in [-0.2, -0.15) is 5.10 Å². The molecule has 2 N–H and O–H groups in total. The zero-order chi connectivity index (χ0) is 20.9. The van der Waals surface area contributed by atoms with Crippen LogP contribution in [0.25, 0.3) is 10.9 Å². The number of fused-ring (bicyclic) bond motifs is 1. The number of carbonyl (C=O) groups excluding carboxylic acids is 1. The molecular formula is C23H23N5O2.